The Bertz CT molecular complexity index is 1090. The van der Waals surface area contributed by atoms with Crippen LogP contribution in [0.3, 0.4) is 0 Å². The topological polar surface area (TPSA) is 80.3 Å². The van der Waals surface area contributed by atoms with Crippen LogP contribution in [-0.4, -0.2) is 49.6 Å². The molecule has 2 atom stereocenters. The van der Waals surface area contributed by atoms with Crippen LogP contribution in [0.1, 0.15) is 42.1 Å². The van der Waals surface area contributed by atoms with E-state index in [4.69, 9.17) is 14.2 Å². The molecule has 1 saturated heterocycles. The maximum absolute atomic E-state index is 11.9. The summed E-state index contributed by atoms with van der Waals surface area (Å²) in [6, 6.07) is 25.0. The fraction of sp³-hybridized carbons (Fsp3) is 0.367. The molecular weight excluding hydrogens is 468 g/mol. The van der Waals surface area contributed by atoms with Crippen LogP contribution in [0, 0.1) is 0 Å². The summed E-state index contributed by atoms with van der Waals surface area (Å²) in [7, 11) is 0. The number of hydrogen-bond donors (Lipinski definition) is 2. The minimum Gasteiger partial charge on any atom is -0.491 e. The molecule has 7 nitrogen and oxygen atoms in total. The number of aliphatic hydroxyl groups excluding tert-OH is 1. The zero-order valence-electron chi connectivity index (χ0n) is 21.3. The van der Waals surface area contributed by atoms with Gasteiger partial charge in [-0.15, -0.1) is 0 Å². The highest BCUT2D eigenvalue weighted by Crippen LogP contribution is 2.24. The van der Waals surface area contributed by atoms with Crippen LogP contribution < -0.4 is 19.7 Å². The summed E-state index contributed by atoms with van der Waals surface area (Å²) in [5.41, 5.74) is 2.71. The maximum Gasteiger partial charge on any atom is 0.338 e. The number of carbonyl (C=O) groups excluding carboxylic acids is 1. The highest BCUT2D eigenvalue weighted by molar-refractivity contribution is 5.89. The monoisotopic (exact) mass is 504 g/mol. The van der Waals surface area contributed by atoms with Crippen LogP contribution in [-0.2, 0) is 11.3 Å². The number of esters is 1. The molecule has 0 saturated carbocycles. The van der Waals surface area contributed by atoms with Crippen molar-refractivity contribution in [1.29, 1.82) is 0 Å². The highest BCUT2D eigenvalue weighted by atomic mass is 16.5. The van der Waals surface area contributed by atoms with Crippen molar-refractivity contribution in [1.82, 2.24) is 5.32 Å². The highest BCUT2D eigenvalue weighted by Gasteiger charge is 2.23. The molecule has 1 aliphatic rings. The van der Waals surface area contributed by atoms with E-state index in [0.29, 0.717) is 31.1 Å². The van der Waals surface area contributed by atoms with Crippen LogP contribution >= 0.6 is 0 Å². The Balaban J connectivity index is 1.22. The Morgan fingerprint density at radius 1 is 0.973 bits per heavy atom. The van der Waals surface area contributed by atoms with E-state index >= 15 is 0 Å². The molecule has 196 valence electrons. The molecule has 3 aromatic rings. The van der Waals surface area contributed by atoms with E-state index in [1.165, 1.54) is 0 Å². The smallest absolute Gasteiger partial charge is 0.338 e. The number of nitrogens with zero attached hydrogens (tertiary/aromatic N) is 1. The van der Waals surface area contributed by atoms with Crippen molar-refractivity contribution in [3.63, 3.8) is 0 Å². The molecule has 3 aromatic carbocycles. The molecule has 0 spiro atoms. The van der Waals surface area contributed by atoms with Crippen LogP contribution in [0.25, 0.3) is 0 Å². The molecule has 2 unspecified atom stereocenters. The second-order valence-corrected chi connectivity index (χ2v) is 9.09. The zero-order valence-corrected chi connectivity index (χ0v) is 21.3. The summed E-state index contributed by atoms with van der Waals surface area (Å²) < 4.78 is 16.7. The SMILES string of the molecule is CCOC(=O)c1ccc(N2CCCCC2NCC(O)COc2ccc(OCc3ccccc3)cc2)cc1. The molecule has 1 fully saturated rings. The van der Waals surface area contributed by atoms with Crippen LogP contribution in [0.4, 0.5) is 5.69 Å². The number of piperidine rings is 1. The van der Waals surface area contributed by atoms with Gasteiger partial charge >= 0.3 is 5.97 Å². The van der Waals surface area contributed by atoms with Gasteiger partial charge in [-0.25, -0.2) is 4.79 Å². The Kier molecular flexibility index (Phi) is 9.80. The van der Waals surface area contributed by atoms with Gasteiger partial charge in [0.05, 0.1) is 18.3 Å². The number of rotatable bonds is 12. The average molecular weight is 505 g/mol. The van der Waals surface area contributed by atoms with Gasteiger partial charge in [0.25, 0.3) is 0 Å². The Labute approximate surface area is 219 Å². The first kappa shape index (κ1) is 26.5. The van der Waals surface area contributed by atoms with Gasteiger partial charge in [-0.05, 0) is 80.3 Å². The maximum atomic E-state index is 11.9. The van der Waals surface area contributed by atoms with E-state index in [9.17, 15) is 9.90 Å². The van der Waals surface area contributed by atoms with Gasteiger partial charge in [0.1, 0.15) is 30.8 Å². The molecule has 0 bridgehead atoms. The summed E-state index contributed by atoms with van der Waals surface area (Å²) in [6.07, 6.45) is 2.67. The summed E-state index contributed by atoms with van der Waals surface area (Å²) in [5.74, 6) is 1.15. The summed E-state index contributed by atoms with van der Waals surface area (Å²) in [5, 5.41) is 14.0. The fourth-order valence-corrected chi connectivity index (χ4v) is 4.35. The largest absolute Gasteiger partial charge is 0.491 e. The predicted molar refractivity (Wildman–Crippen MR) is 144 cm³/mol. The van der Waals surface area contributed by atoms with Gasteiger partial charge in [-0.3, -0.25) is 5.32 Å². The van der Waals surface area contributed by atoms with Crippen molar-refractivity contribution < 1.29 is 24.1 Å². The lowest BCUT2D eigenvalue weighted by atomic mass is 10.1. The van der Waals surface area contributed by atoms with Gasteiger partial charge in [0.2, 0.25) is 0 Å². The first-order chi connectivity index (χ1) is 18.1. The molecular formula is C30H36N2O5. The fourth-order valence-electron chi connectivity index (χ4n) is 4.35. The van der Waals surface area contributed by atoms with E-state index in [1.807, 2.05) is 66.7 Å². The summed E-state index contributed by atoms with van der Waals surface area (Å²) in [6.45, 7) is 4.20. The third-order valence-electron chi connectivity index (χ3n) is 6.32. The van der Waals surface area contributed by atoms with Crippen molar-refractivity contribution in [3.8, 4) is 11.5 Å². The third kappa shape index (κ3) is 7.97. The van der Waals surface area contributed by atoms with Gasteiger partial charge in [-0.1, -0.05) is 30.3 Å². The zero-order chi connectivity index (χ0) is 25.9. The quantitative estimate of drug-likeness (QED) is 0.343. The van der Waals surface area contributed by atoms with E-state index in [-0.39, 0.29) is 18.7 Å². The number of ether oxygens (including phenoxy) is 3. The standard InChI is InChI=1S/C30H36N2O5/c1-2-35-30(34)24-11-13-25(14-12-24)32-19-7-6-10-29(32)31-20-26(33)22-37-28-17-15-27(16-18-28)36-21-23-8-4-3-5-9-23/h3-5,8-9,11-18,26,29,31,33H,2,6-7,10,19-22H2,1H3. The van der Waals surface area contributed by atoms with Crippen LogP contribution in [0.5, 0.6) is 11.5 Å². The first-order valence-electron chi connectivity index (χ1n) is 13.0. The molecule has 0 aromatic heterocycles. The summed E-state index contributed by atoms with van der Waals surface area (Å²) >= 11 is 0. The van der Waals surface area contributed by atoms with Crippen molar-refractivity contribution >= 4 is 11.7 Å². The molecule has 37 heavy (non-hydrogen) atoms. The van der Waals surface area contributed by atoms with Gasteiger partial charge in [-0.2, -0.15) is 0 Å². The van der Waals surface area contributed by atoms with Crippen molar-refractivity contribution in [2.75, 3.05) is 31.2 Å². The lowest BCUT2D eigenvalue weighted by Gasteiger charge is -2.38. The number of nitrogens with one attached hydrogen (secondary N) is 1. The molecule has 0 amide bonds. The van der Waals surface area contributed by atoms with E-state index in [0.717, 1.165) is 42.8 Å². The Hall–Kier alpha value is -3.55. The minimum atomic E-state index is -0.649. The molecule has 0 aliphatic carbocycles. The lowest BCUT2D eigenvalue weighted by Crippen LogP contribution is -2.51. The third-order valence-corrected chi connectivity index (χ3v) is 6.32. The van der Waals surface area contributed by atoms with Gasteiger partial charge < -0.3 is 24.2 Å². The number of carbonyl (C=O) groups is 1. The number of anilines is 1. The number of benzene rings is 3. The van der Waals surface area contributed by atoms with Crippen LogP contribution in [0.15, 0.2) is 78.9 Å². The molecule has 7 heteroatoms. The van der Waals surface area contributed by atoms with E-state index in [1.54, 1.807) is 19.1 Å². The van der Waals surface area contributed by atoms with Gasteiger partial charge in [0, 0.05) is 18.8 Å². The molecule has 1 aliphatic heterocycles. The Morgan fingerprint density at radius 2 is 1.68 bits per heavy atom. The summed E-state index contributed by atoms with van der Waals surface area (Å²) in [4.78, 5) is 14.2. The van der Waals surface area contributed by atoms with Crippen molar-refractivity contribution in [2.45, 2.75) is 45.1 Å². The molecule has 2 N–H and O–H groups in total. The molecule has 4 rings (SSSR count). The van der Waals surface area contributed by atoms with E-state index < -0.39 is 6.10 Å². The average Bonchev–Trinajstić information content (AvgIpc) is 2.95. The van der Waals surface area contributed by atoms with Gasteiger partial charge in [0.15, 0.2) is 0 Å². The van der Waals surface area contributed by atoms with Crippen molar-refractivity contribution in [2.24, 2.45) is 0 Å². The molecule has 0 radical (unpaired) electrons. The number of aliphatic hydroxyl groups is 1. The molecule has 1 heterocycles. The second kappa shape index (κ2) is 13.7. The normalized spacial score (nSPS) is 16.2. The lowest BCUT2D eigenvalue weighted by molar-refractivity contribution is 0.0526. The number of hydrogen-bond acceptors (Lipinski definition) is 7. The van der Waals surface area contributed by atoms with Crippen LogP contribution in [0.2, 0.25) is 0 Å². The van der Waals surface area contributed by atoms with Crippen molar-refractivity contribution in [3.05, 3.63) is 90.0 Å². The predicted octanol–water partition coefficient (Wildman–Crippen LogP) is 4.79. The van der Waals surface area contributed by atoms with E-state index in [2.05, 4.69) is 10.2 Å². The second-order valence-electron chi connectivity index (χ2n) is 9.09. The Morgan fingerprint density at radius 3 is 2.38 bits per heavy atom. The minimum absolute atomic E-state index is 0.109. The first-order valence-corrected chi connectivity index (χ1v) is 13.0.